The zero-order valence-electron chi connectivity index (χ0n) is 13.6. The summed E-state index contributed by atoms with van der Waals surface area (Å²) >= 11 is 0. The maximum atomic E-state index is 12.1. The van der Waals surface area contributed by atoms with Gasteiger partial charge in [-0.05, 0) is 39.0 Å². The van der Waals surface area contributed by atoms with Crippen molar-refractivity contribution in [2.45, 2.75) is 26.4 Å². The van der Waals surface area contributed by atoms with E-state index in [-0.39, 0.29) is 19.0 Å². The number of amides is 1. The van der Waals surface area contributed by atoms with Gasteiger partial charge in [0.05, 0.1) is 12.1 Å². The van der Waals surface area contributed by atoms with E-state index in [0.717, 1.165) is 10.9 Å². The maximum absolute atomic E-state index is 12.1. The van der Waals surface area contributed by atoms with Crippen molar-refractivity contribution in [3.8, 4) is 0 Å². The van der Waals surface area contributed by atoms with Crippen LogP contribution >= 0.6 is 0 Å². The first-order valence-corrected chi connectivity index (χ1v) is 7.37. The Kier molecular flexibility index (Phi) is 4.95. The molecule has 1 amide bonds. The Balaban J connectivity index is 2.29. The summed E-state index contributed by atoms with van der Waals surface area (Å²) < 4.78 is 5.28. The van der Waals surface area contributed by atoms with Crippen LogP contribution in [0.1, 0.15) is 20.8 Å². The van der Waals surface area contributed by atoms with Gasteiger partial charge in [-0.2, -0.15) is 0 Å². The fourth-order valence-electron chi connectivity index (χ4n) is 2.16. The Bertz CT molecular complexity index is 722. The lowest BCUT2D eigenvalue weighted by atomic mass is 10.2. The molecule has 0 aliphatic heterocycles. The number of rotatable bonds is 4. The molecule has 1 heterocycles. The number of hydrogen-bond donors (Lipinski definition) is 1. The summed E-state index contributed by atoms with van der Waals surface area (Å²) in [5.41, 5.74) is 6.16. The number of aromatic nitrogens is 1. The van der Waals surface area contributed by atoms with Gasteiger partial charge < -0.3 is 15.4 Å². The highest BCUT2D eigenvalue weighted by molar-refractivity contribution is 6.00. The van der Waals surface area contributed by atoms with Gasteiger partial charge in [-0.1, -0.05) is 12.1 Å². The summed E-state index contributed by atoms with van der Waals surface area (Å²) in [4.78, 5) is 29.8. The van der Waals surface area contributed by atoms with Crippen molar-refractivity contribution in [2.24, 2.45) is 5.73 Å². The van der Waals surface area contributed by atoms with Gasteiger partial charge in [0.2, 0.25) is 5.91 Å². The molecule has 23 heavy (non-hydrogen) atoms. The Labute approximate surface area is 135 Å². The number of nitrogens with zero attached hydrogens (tertiary/aromatic N) is 2. The number of benzene rings is 1. The minimum absolute atomic E-state index is 0.189. The summed E-state index contributed by atoms with van der Waals surface area (Å²) in [7, 11) is 0. The van der Waals surface area contributed by atoms with Gasteiger partial charge in [0.25, 0.3) is 0 Å². The van der Waals surface area contributed by atoms with Crippen LogP contribution in [-0.4, -0.2) is 35.6 Å². The molecule has 122 valence electrons. The van der Waals surface area contributed by atoms with E-state index in [1.165, 1.54) is 4.90 Å². The molecule has 0 fully saturated rings. The van der Waals surface area contributed by atoms with E-state index in [1.807, 2.05) is 18.2 Å². The van der Waals surface area contributed by atoms with Crippen LogP contribution in [0.2, 0.25) is 0 Å². The largest absolute Gasteiger partial charge is 0.459 e. The monoisotopic (exact) mass is 315 g/mol. The third-order valence-corrected chi connectivity index (χ3v) is 3.08. The van der Waals surface area contributed by atoms with Crippen molar-refractivity contribution in [3.63, 3.8) is 0 Å². The second-order valence-electron chi connectivity index (χ2n) is 6.15. The molecule has 6 nitrogen and oxygen atoms in total. The Morgan fingerprint density at radius 3 is 2.65 bits per heavy atom. The molecule has 0 aliphatic carbocycles. The molecule has 0 spiro atoms. The van der Waals surface area contributed by atoms with Crippen LogP contribution in [-0.2, 0) is 14.3 Å². The van der Waals surface area contributed by atoms with Crippen molar-refractivity contribution in [1.82, 2.24) is 4.98 Å². The lowest BCUT2D eigenvalue weighted by Gasteiger charge is -2.25. The second-order valence-corrected chi connectivity index (χ2v) is 6.15. The number of esters is 1. The molecule has 0 aliphatic rings. The molecule has 2 rings (SSSR count). The average Bonchev–Trinajstić information content (AvgIpc) is 2.49. The van der Waals surface area contributed by atoms with Crippen molar-refractivity contribution >= 4 is 28.5 Å². The molecule has 6 heteroatoms. The fraction of sp³-hybridized carbons (Fsp3) is 0.353. The first kappa shape index (κ1) is 16.9. The van der Waals surface area contributed by atoms with Crippen molar-refractivity contribution in [1.29, 1.82) is 0 Å². The molecule has 1 aromatic carbocycles. The van der Waals surface area contributed by atoms with E-state index in [9.17, 15) is 9.59 Å². The third kappa shape index (κ3) is 4.50. The number of ether oxygens (including phenoxy) is 1. The number of fused-ring (bicyclic) bond motifs is 1. The molecule has 0 unspecified atom stereocenters. The van der Waals surface area contributed by atoms with Crippen molar-refractivity contribution < 1.29 is 14.3 Å². The highest BCUT2D eigenvalue weighted by Gasteiger charge is 2.23. The lowest BCUT2D eigenvalue weighted by Crippen LogP contribution is -2.41. The SMILES string of the molecule is CC(C)(C)OC(=O)CN(C(=O)CN)c1ccc2cccnc2c1. The zero-order valence-corrected chi connectivity index (χ0v) is 13.6. The molecular weight excluding hydrogens is 294 g/mol. The molecule has 0 bridgehead atoms. The van der Waals surface area contributed by atoms with Crippen LogP contribution in [0.15, 0.2) is 36.5 Å². The Hall–Kier alpha value is -2.47. The first-order valence-electron chi connectivity index (χ1n) is 7.37. The molecular formula is C17H21N3O3. The Morgan fingerprint density at radius 2 is 2.00 bits per heavy atom. The highest BCUT2D eigenvalue weighted by atomic mass is 16.6. The average molecular weight is 315 g/mol. The number of hydrogen-bond acceptors (Lipinski definition) is 5. The normalized spacial score (nSPS) is 11.3. The predicted octanol–water partition coefficient (Wildman–Crippen LogP) is 1.87. The highest BCUT2D eigenvalue weighted by Crippen LogP contribution is 2.21. The van der Waals surface area contributed by atoms with E-state index in [1.54, 1.807) is 39.1 Å². The number of anilines is 1. The summed E-state index contributed by atoms with van der Waals surface area (Å²) in [5.74, 6) is -0.841. The van der Waals surface area contributed by atoms with Crippen molar-refractivity contribution in [3.05, 3.63) is 36.5 Å². The van der Waals surface area contributed by atoms with Crippen LogP contribution in [0, 0.1) is 0 Å². The minimum atomic E-state index is -0.612. The van der Waals surface area contributed by atoms with Gasteiger partial charge >= 0.3 is 5.97 Å². The molecule has 1 aromatic heterocycles. The van der Waals surface area contributed by atoms with E-state index in [4.69, 9.17) is 10.5 Å². The molecule has 2 N–H and O–H groups in total. The summed E-state index contributed by atoms with van der Waals surface area (Å²) in [6.07, 6.45) is 1.68. The quantitative estimate of drug-likeness (QED) is 0.871. The maximum Gasteiger partial charge on any atom is 0.326 e. The standard InChI is InChI=1S/C17H21N3O3/c1-17(2,3)23-16(22)11-20(15(21)10-18)13-7-6-12-5-4-8-19-14(12)9-13/h4-9H,10-11,18H2,1-3H3. The molecule has 0 saturated heterocycles. The van der Waals surface area contributed by atoms with Gasteiger partial charge in [-0.3, -0.25) is 14.6 Å². The molecule has 2 aromatic rings. The number of carbonyl (C=O) groups excluding carboxylic acids is 2. The molecule has 0 radical (unpaired) electrons. The van der Waals surface area contributed by atoms with Gasteiger partial charge in [0.15, 0.2) is 0 Å². The summed E-state index contributed by atoms with van der Waals surface area (Å²) in [6.45, 7) is 4.95. The van der Waals surface area contributed by atoms with Crippen molar-refractivity contribution in [2.75, 3.05) is 18.0 Å². The third-order valence-electron chi connectivity index (χ3n) is 3.08. The topological polar surface area (TPSA) is 85.5 Å². The molecule has 0 atom stereocenters. The minimum Gasteiger partial charge on any atom is -0.459 e. The van der Waals surface area contributed by atoms with E-state index >= 15 is 0 Å². The van der Waals surface area contributed by atoms with E-state index in [0.29, 0.717) is 5.69 Å². The second kappa shape index (κ2) is 6.75. The van der Waals surface area contributed by atoms with Gasteiger partial charge in [-0.25, -0.2) is 0 Å². The molecule has 0 saturated carbocycles. The fourth-order valence-corrected chi connectivity index (χ4v) is 2.16. The summed E-state index contributed by atoms with van der Waals surface area (Å²) in [6, 6.07) is 9.14. The van der Waals surface area contributed by atoms with Crippen LogP contribution in [0.4, 0.5) is 5.69 Å². The first-order chi connectivity index (χ1) is 10.8. The van der Waals surface area contributed by atoms with E-state index in [2.05, 4.69) is 4.98 Å². The summed E-state index contributed by atoms with van der Waals surface area (Å²) in [5, 5.41) is 0.952. The van der Waals surface area contributed by atoms with Gasteiger partial charge in [-0.15, -0.1) is 0 Å². The van der Waals surface area contributed by atoms with Crippen LogP contribution < -0.4 is 10.6 Å². The van der Waals surface area contributed by atoms with Crippen LogP contribution in [0.3, 0.4) is 0 Å². The lowest BCUT2D eigenvalue weighted by molar-refractivity contribution is -0.153. The number of nitrogens with two attached hydrogens (primary N) is 1. The number of pyridine rings is 1. The zero-order chi connectivity index (χ0) is 17.0. The van der Waals surface area contributed by atoms with E-state index < -0.39 is 11.6 Å². The number of carbonyl (C=O) groups is 2. The van der Waals surface area contributed by atoms with Crippen LogP contribution in [0.5, 0.6) is 0 Å². The van der Waals surface area contributed by atoms with Crippen LogP contribution in [0.25, 0.3) is 10.9 Å². The van der Waals surface area contributed by atoms with Gasteiger partial charge in [0.1, 0.15) is 12.1 Å². The van der Waals surface area contributed by atoms with Gasteiger partial charge in [0, 0.05) is 17.3 Å². The smallest absolute Gasteiger partial charge is 0.326 e. The Morgan fingerprint density at radius 1 is 1.26 bits per heavy atom. The predicted molar refractivity (Wildman–Crippen MR) is 89.0 cm³/mol.